The Morgan fingerprint density at radius 3 is 2.41 bits per heavy atom. The van der Waals surface area contributed by atoms with Crippen LogP contribution in [0.1, 0.15) is 17.0 Å². The van der Waals surface area contributed by atoms with Crippen molar-refractivity contribution in [3.63, 3.8) is 0 Å². The predicted octanol–water partition coefficient (Wildman–Crippen LogP) is 7.58. The summed E-state index contributed by atoms with van der Waals surface area (Å²) in [6, 6.07) is 35.2. The van der Waals surface area contributed by atoms with E-state index in [1.165, 1.54) is 49.9 Å². The first-order valence-corrected chi connectivity index (χ1v) is 11.2. The van der Waals surface area contributed by atoms with E-state index in [4.69, 9.17) is 0 Å². The van der Waals surface area contributed by atoms with E-state index >= 15 is 0 Å². The van der Waals surface area contributed by atoms with Crippen LogP contribution in [0.15, 0.2) is 115 Å². The van der Waals surface area contributed by atoms with Gasteiger partial charge in [-0.1, -0.05) is 78.9 Å². The zero-order chi connectivity index (χ0) is 21.1. The minimum absolute atomic E-state index is 0.272. The van der Waals surface area contributed by atoms with Gasteiger partial charge in [0.25, 0.3) is 0 Å². The Balaban J connectivity index is 1.37. The number of aromatic amines is 1. The molecule has 1 aromatic heterocycles. The summed E-state index contributed by atoms with van der Waals surface area (Å²) >= 11 is 0. The summed E-state index contributed by atoms with van der Waals surface area (Å²) < 4.78 is 0. The molecule has 0 saturated carbocycles. The summed E-state index contributed by atoms with van der Waals surface area (Å²) in [5.74, 6) is 0.368. The summed E-state index contributed by atoms with van der Waals surface area (Å²) in [6.07, 6.45) is 7.15. The number of nitrogens with zero attached hydrogens (tertiary/aromatic N) is 1. The zero-order valence-corrected chi connectivity index (χ0v) is 17.6. The maximum Gasteiger partial charge on any atom is 0.0635 e. The predicted molar refractivity (Wildman–Crippen MR) is 134 cm³/mol. The molecule has 1 aliphatic carbocycles. The number of hydrogen-bond donors (Lipinski definition) is 1. The highest BCUT2D eigenvalue weighted by molar-refractivity contribution is 6.08. The molecule has 7 rings (SSSR count). The van der Waals surface area contributed by atoms with Crippen LogP contribution in [0, 0.1) is 0 Å². The molecule has 0 radical (unpaired) electrons. The smallest absolute Gasteiger partial charge is 0.0635 e. The van der Waals surface area contributed by atoms with E-state index in [1.54, 1.807) is 0 Å². The molecule has 0 fully saturated rings. The number of para-hydroxylation sites is 3. The summed E-state index contributed by atoms with van der Waals surface area (Å²) in [4.78, 5) is 6.03. The van der Waals surface area contributed by atoms with E-state index in [1.807, 2.05) is 0 Å². The molecule has 0 amide bonds. The first-order chi connectivity index (χ1) is 15.9. The SMILES string of the molecule is C1=CC2c3ccccc3N(c3ccccc3)C2C=C1c1ccc2[nH]c3ccccc3c2c1. The normalized spacial score (nSPS) is 19.2. The van der Waals surface area contributed by atoms with Gasteiger partial charge in [0, 0.05) is 39.1 Å². The molecule has 32 heavy (non-hydrogen) atoms. The standard InChI is InChI=1S/C30H22N2/c1-2-8-22(9-3-1)32-29-13-7-5-11-24(29)25-16-14-21(19-30(25)32)20-15-17-28-26(18-20)23-10-4-6-12-27(23)31-28/h1-19,25,30-31H. The van der Waals surface area contributed by atoms with E-state index < -0.39 is 0 Å². The van der Waals surface area contributed by atoms with Crippen LogP contribution in [0.2, 0.25) is 0 Å². The van der Waals surface area contributed by atoms with E-state index in [0.29, 0.717) is 5.92 Å². The lowest BCUT2D eigenvalue weighted by Gasteiger charge is -2.30. The second kappa shape index (κ2) is 6.73. The summed E-state index contributed by atoms with van der Waals surface area (Å²) in [7, 11) is 0. The molecule has 5 aromatic rings. The second-order valence-electron chi connectivity index (χ2n) is 8.69. The zero-order valence-electron chi connectivity index (χ0n) is 17.6. The molecule has 2 atom stereocenters. The Morgan fingerprint density at radius 1 is 0.688 bits per heavy atom. The van der Waals surface area contributed by atoms with Crippen molar-refractivity contribution >= 4 is 38.8 Å². The Kier molecular flexibility index (Phi) is 3.71. The molecule has 2 heteroatoms. The minimum atomic E-state index is 0.272. The second-order valence-corrected chi connectivity index (χ2v) is 8.69. The van der Waals surface area contributed by atoms with Gasteiger partial charge in [-0.3, -0.25) is 0 Å². The van der Waals surface area contributed by atoms with Gasteiger partial charge in [0.1, 0.15) is 0 Å². The van der Waals surface area contributed by atoms with Gasteiger partial charge < -0.3 is 9.88 Å². The van der Waals surface area contributed by atoms with Crippen LogP contribution in [0.4, 0.5) is 11.4 Å². The topological polar surface area (TPSA) is 19.0 Å². The number of aromatic nitrogens is 1. The molecule has 2 nitrogen and oxygen atoms in total. The quantitative estimate of drug-likeness (QED) is 0.318. The number of nitrogens with one attached hydrogen (secondary N) is 1. The van der Waals surface area contributed by atoms with E-state index in [0.717, 1.165) is 0 Å². The molecular weight excluding hydrogens is 388 g/mol. The Morgan fingerprint density at radius 2 is 1.47 bits per heavy atom. The highest BCUT2D eigenvalue weighted by Crippen LogP contribution is 2.48. The number of fused-ring (bicyclic) bond motifs is 6. The summed E-state index contributed by atoms with van der Waals surface area (Å²) in [6.45, 7) is 0. The van der Waals surface area contributed by atoms with Crippen LogP contribution >= 0.6 is 0 Å². The van der Waals surface area contributed by atoms with Crippen molar-refractivity contribution in [1.82, 2.24) is 4.98 Å². The molecule has 0 spiro atoms. The van der Waals surface area contributed by atoms with E-state index in [-0.39, 0.29) is 6.04 Å². The van der Waals surface area contributed by atoms with Crippen molar-refractivity contribution in [3.05, 3.63) is 126 Å². The number of H-pyrrole nitrogens is 1. The van der Waals surface area contributed by atoms with Gasteiger partial charge in [0.05, 0.1) is 6.04 Å². The fourth-order valence-corrected chi connectivity index (χ4v) is 5.46. The molecule has 4 aromatic carbocycles. The molecule has 152 valence electrons. The van der Waals surface area contributed by atoms with Crippen molar-refractivity contribution in [2.45, 2.75) is 12.0 Å². The molecule has 2 unspecified atom stereocenters. The minimum Gasteiger partial charge on any atom is -0.355 e. The first kappa shape index (κ1) is 17.6. The van der Waals surface area contributed by atoms with Gasteiger partial charge in [-0.25, -0.2) is 0 Å². The molecule has 1 aliphatic heterocycles. The summed E-state index contributed by atoms with van der Waals surface area (Å²) in [5, 5.41) is 2.56. The van der Waals surface area contributed by atoms with Gasteiger partial charge in [-0.2, -0.15) is 0 Å². The molecule has 2 aliphatic rings. The fraction of sp³-hybridized carbons (Fsp3) is 0.0667. The lowest BCUT2D eigenvalue weighted by Crippen LogP contribution is -2.29. The Bertz CT molecular complexity index is 1540. The lowest BCUT2D eigenvalue weighted by molar-refractivity contribution is 0.747. The van der Waals surface area contributed by atoms with Gasteiger partial charge in [0.2, 0.25) is 0 Å². The number of hydrogen-bond acceptors (Lipinski definition) is 1. The van der Waals surface area contributed by atoms with Crippen LogP contribution < -0.4 is 4.90 Å². The third-order valence-electron chi connectivity index (χ3n) is 6.93. The van der Waals surface area contributed by atoms with Crippen LogP contribution in [-0.2, 0) is 0 Å². The van der Waals surface area contributed by atoms with Crippen molar-refractivity contribution in [2.24, 2.45) is 0 Å². The average molecular weight is 411 g/mol. The van der Waals surface area contributed by atoms with E-state index in [9.17, 15) is 0 Å². The third-order valence-corrected chi connectivity index (χ3v) is 6.93. The number of anilines is 2. The molecule has 0 bridgehead atoms. The lowest BCUT2D eigenvalue weighted by atomic mass is 9.86. The van der Waals surface area contributed by atoms with Crippen molar-refractivity contribution in [2.75, 3.05) is 4.90 Å². The van der Waals surface area contributed by atoms with Gasteiger partial charge in [-0.15, -0.1) is 0 Å². The van der Waals surface area contributed by atoms with Crippen LogP contribution in [0.3, 0.4) is 0 Å². The number of allylic oxidation sites excluding steroid dienone is 2. The first-order valence-electron chi connectivity index (χ1n) is 11.2. The molecular formula is C30H22N2. The van der Waals surface area contributed by atoms with Crippen LogP contribution in [0.25, 0.3) is 27.4 Å². The third kappa shape index (κ3) is 2.53. The van der Waals surface area contributed by atoms with Crippen molar-refractivity contribution in [3.8, 4) is 0 Å². The van der Waals surface area contributed by atoms with E-state index in [2.05, 4.69) is 125 Å². The van der Waals surface area contributed by atoms with Gasteiger partial charge >= 0.3 is 0 Å². The monoisotopic (exact) mass is 410 g/mol. The van der Waals surface area contributed by atoms with Gasteiger partial charge in [0.15, 0.2) is 0 Å². The maximum absolute atomic E-state index is 3.54. The van der Waals surface area contributed by atoms with Gasteiger partial charge in [-0.05, 0) is 53.1 Å². The summed E-state index contributed by atoms with van der Waals surface area (Å²) in [5.41, 5.74) is 8.88. The Hall–Kier alpha value is -4.04. The molecule has 1 N–H and O–H groups in total. The number of benzene rings is 4. The maximum atomic E-state index is 3.54. The molecule has 2 heterocycles. The Labute approximate surface area is 187 Å². The van der Waals surface area contributed by atoms with Crippen LogP contribution in [0.5, 0.6) is 0 Å². The van der Waals surface area contributed by atoms with Crippen molar-refractivity contribution in [1.29, 1.82) is 0 Å². The highest BCUT2D eigenvalue weighted by atomic mass is 15.2. The highest BCUT2D eigenvalue weighted by Gasteiger charge is 2.38. The largest absolute Gasteiger partial charge is 0.355 e. The van der Waals surface area contributed by atoms with Crippen molar-refractivity contribution < 1.29 is 0 Å². The average Bonchev–Trinajstić information content (AvgIpc) is 3.39. The fourth-order valence-electron chi connectivity index (χ4n) is 5.46. The number of rotatable bonds is 2. The molecule has 0 saturated heterocycles. The van der Waals surface area contributed by atoms with Crippen LogP contribution in [-0.4, -0.2) is 11.0 Å².